The second-order valence-electron chi connectivity index (χ2n) is 2.91. The third-order valence-electron chi connectivity index (χ3n) is 1.54. The van der Waals surface area contributed by atoms with Gasteiger partial charge in [0.05, 0.1) is 25.5 Å². The second kappa shape index (κ2) is 6.79. The van der Waals surface area contributed by atoms with Crippen molar-refractivity contribution in [2.45, 2.75) is 20.3 Å². The molecule has 8 heteroatoms. The summed E-state index contributed by atoms with van der Waals surface area (Å²) in [5.74, 6) is 0. The molecule has 0 fully saturated rings. The highest BCUT2D eigenvalue weighted by Gasteiger charge is 2.23. The molecule has 0 aromatic heterocycles. The van der Waals surface area contributed by atoms with Gasteiger partial charge in [-0.05, 0) is 20.3 Å². The van der Waals surface area contributed by atoms with Gasteiger partial charge < -0.3 is 18.8 Å². The fourth-order valence-corrected chi connectivity index (χ4v) is 3.43. The Balaban J connectivity index is 3.88. The van der Waals surface area contributed by atoms with E-state index in [-0.39, 0.29) is 32.0 Å². The van der Waals surface area contributed by atoms with E-state index < -0.39 is 15.2 Å². The smallest absolute Gasteiger partial charge is 0.324 e. The predicted molar refractivity (Wildman–Crippen MR) is 57.3 cm³/mol. The average molecular weight is 260 g/mol. The molecule has 0 rings (SSSR count). The topological polar surface area (TPSA) is 93.1 Å². The summed E-state index contributed by atoms with van der Waals surface area (Å²) in [7, 11) is -7.17. The molecule has 0 saturated carbocycles. The maximum atomic E-state index is 11.2. The van der Waals surface area contributed by atoms with E-state index in [1.54, 1.807) is 13.8 Å². The molecule has 0 aliphatic heterocycles. The molecule has 0 heterocycles. The summed E-state index contributed by atoms with van der Waals surface area (Å²) >= 11 is 0. The van der Waals surface area contributed by atoms with Crippen LogP contribution in [0.2, 0.25) is 0 Å². The van der Waals surface area contributed by atoms with Crippen molar-refractivity contribution in [2.24, 2.45) is 0 Å². The molecule has 0 bridgehead atoms. The highest BCUT2D eigenvalue weighted by atomic mass is 31.2. The van der Waals surface area contributed by atoms with Crippen molar-refractivity contribution in [1.29, 1.82) is 0 Å². The zero-order valence-electron chi connectivity index (χ0n) is 8.96. The standard InChI is InChI=1S/C7H18O6P2/c1-3-12-14(8,9)6-5-7-15(10,11)13-4-2/h3-7H2,1-2H3,(H,8,9)(H,10,11). The summed E-state index contributed by atoms with van der Waals surface area (Å²) in [6, 6.07) is 0. The fraction of sp³-hybridized carbons (Fsp3) is 1.00. The van der Waals surface area contributed by atoms with Gasteiger partial charge in [0.1, 0.15) is 0 Å². The van der Waals surface area contributed by atoms with Gasteiger partial charge in [0, 0.05) is 0 Å². The molecule has 0 aromatic carbocycles. The van der Waals surface area contributed by atoms with Gasteiger partial charge in [0.15, 0.2) is 0 Å². The first kappa shape index (κ1) is 15.3. The van der Waals surface area contributed by atoms with Crippen molar-refractivity contribution in [1.82, 2.24) is 0 Å². The number of hydrogen-bond donors (Lipinski definition) is 2. The number of hydrogen-bond acceptors (Lipinski definition) is 4. The van der Waals surface area contributed by atoms with Gasteiger partial charge in [0.2, 0.25) is 0 Å². The van der Waals surface area contributed by atoms with Gasteiger partial charge in [-0.2, -0.15) is 0 Å². The van der Waals surface area contributed by atoms with E-state index in [4.69, 9.17) is 9.79 Å². The van der Waals surface area contributed by atoms with Crippen molar-refractivity contribution in [3.05, 3.63) is 0 Å². The lowest BCUT2D eigenvalue weighted by molar-refractivity contribution is 0.269. The summed E-state index contributed by atoms with van der Waals surface area (Å²) in [5, 5.41) is 0. The van der Waals surface area contributed by atoms with Crippen molar-refractivity contribution in [3.8, 4) is 0 Å². The molecule has 0 aromatic rings. The SMILES string of the molecule is CCOP(=O)(O)CCCP(=O)(O)OCC. The van der Waals surface area contributed by atoms with Crippen LogP contribution in [0.4, 0.5) is 0 Å². The summed E-state index contributed by atoms with van der Waals surface area (Å²) in [5.41, 5.74) is 0. The molecule has 2 atom stereocenters. The first-order valence-electron chi connectivity index (χ1n) is 4.75. The molecule has 0 amide bonds. The van der Waals surface area contributed by atoms with E-state index in [0.29, 0.717) is 0 Å². The predicted octanol–water partition coefficient (Wildman–Crippen LogP) is 1.82. The molecule has 0 saturated heterocycles. The lowest BCUT2D eigenvalue weighted by atomic mass is 10.6. The van der Waals surface area contributed by atoms with E-state index in [0.717, 1.165) is 0 Å². The Morgan fingerprint density at radius 1 is 0.933 bits per heavy atom. The van der Waals surface area contributed by atoms with E-state index in [9.17, 15) is 9.13 Å². The quantitative estimate of drug-likeness (QED) is 0.646. The van der Waals surface area contributed by atoms with Crippen LogP contribution in [0, 0.1) is 0 Å². The van der Waals surface area contributed by atoms with Crippen LogP contribution in [-0.4, -0.2) is 35.3 Å². The van der Waals surface area contributed by atoms with Crippen LogP contribution < -0.4 is 0 Å². The van der Waals surface area contributed by atoms with Crippen LogP contribution >= 0.6 is 15.2 Å². The van der Waals surface area contributed by atoms with Gasteiger partial charge in [-0.15, -0.1) is 0 Å². The van der Waals surface area contributed by atoms with Crippen LogP contribution in [-0.2, 0) is 18.2 Å². The van der Waals surface area contributed by atoms with E-state index in [1.807, 2.05) is 0 Å². The van der Waals surface area contributed by atoms with Crippen molar-refractivity contribution in [3.63, 3.8) is 0 Å². The summed E-state index contributed by atoms with van der Waals surface area (Å²) in [6.45, 7) is 3.52. The first-order chi connectivity index (χ1) is 6.83. The highest BCUT2D eigenvalue weighted by Crippen LogP contribution is 2.47. The first-order valence-corrected chi connectivity index (χ1v) is 8.28. The maximum absolute atomic E-state index is 11.2. The Morgan fingerprint density at radius 3 is 1.53 bits per heavy atom. The molecule has 2 N–H and O–H groups in total. The molecule has 92 valence electrons. The monoisotopic (exact) mass is 260 g/mol. The average Bonchev–Trinajstić information content (AvgIpc) is 2.02. The molecule has 0 aliphatic rings. The van der Waals surface area contributed by atoms with E-state index in [1.165, 1.54) is 0 Å². The van der Waals surface area contributed by atoms with Crippen LogP contribution in [0.25, 0.3) is 0 Å². The van der Waals surface area contributed by atoms with Crippen molar-refractivity contribution >= 4 is 15.2 Å². The summed E-state index contributed by atoms with van der Waals surface area (Å²) in [6.07, 6.45) is -0.127. The molecule has 2 unspecified atom stereocenters. The molecule has 6 nitrogen and oxygen atoms in total. The van der Waals surface area contributed by atoms with Gasteiger partial charge in [-0.25, -0.2) is 0 Å². The lowest BCUT2D eigenvalue weighted by Gasteiger charge is -2.12. The maximum Gasteiger partial charge on any atom is 0.328 e. The second-order valence-corrected chi connectivity index (χ2v) is 6.87. The van der Waals surface area contributed by atoms with Crippen LogP contribution in [0.1, 0.15) is 20.3 Å². The Labute approximate surface area is 89.7 Å². The van der Waals surface area contributed by atoms with E-state index in [2.05, 4.69) is 9.05 Å². The Bertz CT molecular complexity index is 240. The molecule has 0 aliphatic carbocycles. The van der Waals surface area contributed by atoms with Gasteiger partial charge in [-0.1, -0.05) is 0 Å². The van der Waals surface area contributed by atoms with Gasteiger partial charge >= 0.3 is 15.2 Å². The minimum Gasteiger partial charge on any atom is -0.324 e. The summed E-state index contributed by atoms with van der Waals surface area (Å²) in [4.78, 5) is 18.3. The van der Waals surface area contributed by atoms with Crippen molar-refractivity contribution < 1.29 is 28.0 Å². The Kier molecular flexibility index (Phi) is 6.93. The Hall–Kier alpha value is 0.300. The molecular formula is C7H18O6P2. The normalized spacial score (nSPS) is 19.5. The molecule has 0 spiro atoms. The van der Waals surface area contributed by atoms with Crippen LogP contribution in [0.15, 0.2) is 0 Å². The third-order valence-corrected chi connectivity index (χ3v) is 4.63. The fourth-order valence-electron chi connectivity index (χ4n) is 1.00. The zero-order chi connectivity index (χ0) is 11.9. The highest BCUT2D eigenvalue weighted by molar-refractivity contribution is 7.53. The largest absolute Gasteiger partial charge is 0.328 e. The van der Waals surface area contributed by atoms with Gasteiger partial charge in [-0.3, -0.25) is 9.13 Å². The minimum atomic E-state index is -3.59. The zero-order valence-corrected chi connectivity index (χ0v) is 10.7. The van der Waals surface area contributed by atoms with Crippen LogP contribution in [0.5, 0.6) is 0 Å². The van der Waals surface area contributed by atoms with Crippen LogP contribution in [0.3, 0.4) is 0 Å². The van der Waals surface area contributed by atoms with E-state index >= 15 is 0 Å². The molecule has 0 radical (unpaired) electrons. The van der Waals surface area contributed by atoms with Gasteiger partial charge in [0.25, 0.3) is 0 Å². The Morgan fingerprint density at radius 2 is 1.27 bits per heavy atom. The molecule has 15 heavy (non-hydrogen) atoms. The minimum absolute atomic E-state index is 0.127. The lowest BCUT2D eigenvalue weighted by Crippen LogP contribution is -2.00. The number of rotatable bonds is 8. The third kappa shape index (κ3) is 8.14. The molecular weight excluding hydrogens is 242 g/mol. The summed E-state index contributed by atoms with van der Waals surface area (Å²) < 4.78 is 31.6. The van der Waals surface area contributed by atoms with Crippen molar-refractivity contribution in [2.75, 3.05) is 25.5 Å².